The Morgan fingerprint density at radius 1 is 1.44 bits per heavy atom. The van der Waals surface area contributed by atoms with Crippen molar-refractivity contribution in [3.05, 3.63) is 35.3 Å². The van der Waals surface area contributed by atoms with Crippen molar-refractivity contribution >= 4 is 11.3 Å². The standard InChI is InChI=1S/C11H13N3OS/c1-15-10-5-3-2-4-9(10)11-13-6-8(16-11)7-14-12/h2-6,14H,7,12H2,1H3. The fourth-order valence-corrected chi connectivity index (χ4v) is 2.33. The molecule has 0 radical (unpaired) electrons. The maximum Gasteiger partial charge on any atom is 0.129 e. The van der Waals surface area contributed by atoms with Gasteiger partial charge in [-0.2, -0.15) is 0 Å². The minimum absolute atomic E-state index is 0.632. The van der Waals surface area contributed by atoms with Crippen LogP contribution in [0.1, 0.15) is 4.88 Å². The van der Waals surface area contributed by atoms with Crippen molar-refractivity contribution in [1.82, 2.24) is 10.4 Å². The van der Waals surface area contributed by atoms with E-state index in [9.17, 15) is 0 Å². The van der Waals surface area contributed by atoms with Gasteiger partial charge in [0.05, 0.1) is 12.7 Å². The lowest BCUT2D eigenvalue weighted by Crippen LogP contribution is -2.19. The molecule has 3 N–H and O–H groups in total. The van der Waals surface area contributed by atoms with E-state index in [1.165, 1.54) is 0 Å². The summed E-state index contributed by atoms with van der Waals surface area (Å²) >= 11 is 1.61. The highest BCUT2D eigenvalue weighted by atomic mass is 32.1. The molecular formula is C11H13N3OS. The molecule has 0 fully saturated rings. The summed E-state index contributed by atoms with van der Waals surface area (Å²) in [5.41, 5.74) is 3.63. The van der Waals surface area contributed by atoms with E-state index in [1.807, 2.05) is 30.5 Å². The number of para-hydroxylation sites is 1. The van der Waals surface area contributed by atoms with E-state index in [2.05, 4.69) is 10.4 Å². The molecule has 0 amide bonds. The number of nitrogens with two attached hydrogens (primary N) is 1. The summed E-state index contributed by atoms with van der Waals surface area (Å²) in [7, 11) is 1.66. The molecule has 0 aliphatic rings. The van der Waals surface area contributed by atoms with Gasteiger partial charge in [0, 0.05) is 17.6 Å². The number of aromatic nitrogens is 1. The monoisotopic (exact) mass is 235 g/mol. The molecule has 2 rings (SSSR count). The summed E-state index contributed by atoms with van der Waals surface area (Å²) < 4.78 is 5.30. The Kier molecular flexibility index (Phi) is 3.51. The van der Waals surface area contributed by atoms with Gasteiger partial charge in [0.1, 0.15) is 10.8 Å². The number of hydrazine groups is 1. The van der Waals surface area contributed by atoms with Crippen LogP contribution in [-0.4, -0.2) is 12.1 Å². The molecule has 84 valence electrons. The van der Waals surface area contributed by atoms with Crippen molar-refractivity contribution in [3.8, 4) is 16.3 Å². The van der Waals surface area contributed by atoms with Crippen LogP contribution >= 0.6 is 11.3 Å². The number of hydrogen-bond donors (Lipinski definition) is 2. The van der Waals surface area contributed by atoms with E-state index >= 15 is 0 Å². The minimum Gasteiger partial charge on any atom is -0.496 e. The van der Waals surface area contributed by atoms with E-state index in [0.717, 1.165) is 21.2 Å². The highest BCUT2D eigenvalue weighted by Crippen LogP contribution is 2.32. The maximum atomic E-state index is 5.30. The van der Waals surface area contributed by atoms with E-state index < -0.39 is 0 Å². The molecule has 0 saturated heterocycles. The van der Waals surface area contributed by atoms with Gasteiger partial charge >= 0.3 is 0 Å². The number of benzene rings is 1. The quantitative estimate of drug-likeness (QED) is 0.626. The predicted octanol–water partition coefficient (Wildman–Crippen LogP) is 1.78. The molecule has 5 heteroatoms. The van der Waals surface area contributed by atoms with Gasteiger partial charge in [-0.25, -0.2) is 4.98 Å². The molecule has 0 bridgehead atoms. The molecule has 0 unspecified atom stereocenters. The zero-order valence-corrected chi connectivity index (χ0v) is 9.75. The molecule has 1 aromatic carbocycles. The Labute approximate surface area is 98.1 Å². The third-order valence-corrected chi connectivity index (χ3v) is 3.20. The van der Waals surface area contributed by atoms with Crippen LogP contribution in [0.2, 0.25) is 0 Å². The lowest BCUT2D eigenvalue weighted by Gasteiger charge is -2.04. The van der Waals surface area contributed by atoms with Crippen LogP contribution in [0, 0.1) is 0 Å². The number of nitrogens with one attached hydrogen (secondary N) is 1. The van der Waals surface area contributed by atoms with Crippen LogP contribution in [0.5, 0.6) is 5.75 Å². The first-order valence-corrected chi connectivity index (χ1v) is 5.68. The molecule has 2 aromatic rings. The topological polar surface area (TPSA) is 60.2 Å². The van der Waals surface area contributed by atoms with E-state index in [1.54, 1.807) is 18.4 Å². The average Bonchev–Trinajstić information content (AvgIpc) is 2.78. The zero-order chi connectivity index (χ0) is 11.4. The number of ether oxygens (including phenoxy) is 1. The maximum absolute atomic E-state index is 5.30. The van der Waals surface area contributed by atoms with Crippen LogP contribution in [-0.2, 0) is 6.54 Å². The second kappa shape index (κ2) is 5.07. The number of nitrogens with zero attached hydrogens (tertiary/aromatic N) is 1. The van der Waals surface area contributed by atoms with Crippen LogP contribution in [0.15, 0.2) is 30.5 Å². The molecule has 1 heterocycles. The number of thiazole rings is 1. The molecule has 0 aliphatic carbocycles. The highest BCUT2D eigenvalue weighted by Gasteiger charge is 2.08. The fraction of sp³-hybridized carbons (Fsp3) is 0.182. The second-order valence-corrected chi connectivity index (χ2v) is 4.33. The Hall–Kier alpha value is -1.43. The first-order valence-electron chi connectivity index (χ1n) is 4.86. The third-order valence-electron chi connectivity index (χ3n) is 2.17. The van der Waals surface area contributed by atoms with Gasteiger partial charge in [-0.3, -0.25) is 11.3 Å². The summed E-state index contributed by atoms with van der Waals surface area (Å²) in [5.74, 6) is 6.11. The molecule has 4 nitrogen and oxygen atoms in total. The Balaban J connectivity index is 2.34. The number of methoxy groups -OCH3 is 1. The van der Waals surface area contributed by atoms with E-state index in [-0.39, 0.29) is 0 Å². The number of hydrogen-bond acceptors (Lipinski definition) is 5. The summed E-state index contributed by atoms with van der Waals surface area (Å²) in [6.07, 6.45) is 1.83. The van der Waals surface area contributed by atoms with Crippen LogP contribution < -0.4 is 16.0 Å². The molecular weight excluding hydrogens is 222 g/mol. The van der Waals surface area contributed by atoms with Crippen molar-refractivity contribution < 1.29 is 4.74 Å². The minimum atomic E-state index is 0.632. The lowest BCUT2D eigenvalue weighted by molar-refractivity contribution is 0.416. The summed E-state index contributed by atoms with van der Waals surface area (Å²) in [6, 6.07) is 7.84. The van der Waals surface area contributed by atoms with Gasteiger partial charge < -0.3 is 4.74 Å². The fourth-order valence-electron chi connectivity index (χ4n) is 1.44. The average molecular weight is 235 g/mol. The van der Waals surface area contributed by atoms with Crippen molar-refractivity contribution in [2.24, 2.45) is 5.84 Å². The summed E-state index contributed by atoms with van der Waals surface area (Å²) in [4.78, 5) is 5.46. The van der Waals surface area contributed by atoms with E-state index in [0.29, 0.717) is 6.54 Å². The van der Waals surface area contributed by atoms with Gasteiger partial charge in [0.15, 0.2) is 0 Å². The Morgan fingerprint density at radius 2 is 2.25 bits per heavy atom. The lowest BCUT2D eigenvalue weighted by atomic mass is 10.2. The Morgan fingerprint density at radius 3 is 3.00 bits per heavy atom. The van der Waals surface area contributed by atoms with Gasteiger partial charge in [0.25, 0.3) is 0 Å². The van der Waals surface area contributed by atoms with Gasteiger partial charge in [-0.1, -0.05) is 12.1 Å². The smallest absolute Gasteiger partial charge is 0.129 e. The van der Waals surface area contributed by atoms with E-state index in [4.69, 9.17) is 10.6 Å². The SMILES string of the molecule is COc1ccccc1-c1ncc(CNN)s1. The van der Waals surface area contributed by atoms with Crippen molar-refractivity contribution in [1.29, 1.82) is 0 Å². The van der Waals surface area contributed by atoms with Crippen LogP contribution in [0.3, 0.4) is 0 Å². The third kappa shape index (κ3) is 2.21. The first-order chi connectivity index (χ1) is 7.85. The predicted molar refractivity (Wildman–Crippen MR) is 65.1 cm³/mol. The molecule has 0 saturated carbocycles. The molecule has 16 heavy (non-hydrogen) atoms. The largest absolute Gasteiger partial charge is 0.496 e. The van der Waals surface area contributed by atoms with Gasteiger partial charge in [-0.15, -0.1) is 11.3 Å². The Bertz CT molecular complexity index is 470. The van der Waals surface area contributed by atoms with Crippen LogP contribution in [0.25, 0.3) is 10.6 Å². The van der Waals surface area contributed by atoms with Crippen LogP contribution in [0.4, 0.5) is 0 Å². The van der Waals surface area contributed by atoms with Crippen molar-refractivity contribution in [2.45, 2.75) is 6.54 Å². The summed E-state index contributed by atoms with van der Waals surface area (Å²) in [6.45, 7) is 0.632. The molecule has 1 aromatic heterocycles. The zero-order valence-electron chi connectivity index (χ0n) is 8.93. The first kappa shape index (κ1) is 11.1. The van der Waals surface area contributed by atoms with Gasteiger partial charge in [-0.05, 0) is 12.1 Å². The highest BCUT2D eigenvalue weighted by molar-refractivity contribution is 7.15. The normalized spacial score (nSPS) is 10.4. The summed E-state index contributed by atoms with van der Waals surface area (Å²) in [5, 5.41) is 0.947. The van der Waals surface area contributed by atoms with Gasteiger partial charge in [0.2, 0.25) is 0 Å². The van der Waals surface area contributed by atoms with Crippen molar-refractivity contribution in [2.75, 3.05) is 7.11 Å². The molecule has 0 aliphatic heterocycles. The van der Waals surface area contributed by atoms with Crippen molar-refractivity contribution in [3.63, 3.8) is 0 Å². The molecule has 0 atom stereocenters. The second-order valence-electron chi connectivity index (χ2n) is 3.21. The molecule has 0 spiro atoms. The number of rotatable bonds is 4.